The van der Waals surface area contributed by atoms with Crippen LogP contribution in [0.5, 0.6) is 0 Å². The van der Waals surface area contributed by atoms with Gasteiger partial charge in [-0.25, -0.2) is 0 Å². The molecule has 2 heteroatoms. The first kappa shape index (κ1) is 23.9. The van der Waals surface area contributed by atoms with Crippen molar-refractivity contribution in [3.05, 3.63) is 71.8 Å². The summed E-state index contributed by atoms with van der Waals surface area (Å²) in [6, 6.07) is 22.7. The summed E-state index contributed by atoms with van der Waals surface area (Å²) in [4.78, 5) is 0. The first-order chi connectivity index (χ1) is 13.6. The van der Waals surface area contributed by atoms with Crippen LogP contribution in [0.1, 0.15) is 76.3 Å². The zero-order valence-electron chi connectivity index (χ0n) is 18.1. The predicted molar refractivity (Wildman–Crippen MR) is 139 cm³/mol. The molecule has 0 N–H and O–H groups in total. The minimum absolute atomic E-state index is 1.31. The number of hydrogen-bond acceptors (Lipinski definition) is 0. The Morgan fingerprint density at radius 2 is 0.964 bits per heavy atom. The quantitative estimate of drug-likeness (QED) is 0.135. The molecule has 0 aliphatic rings. The third-order valence-corrected chi connectivity index (χ3v) is 16.1. The zero-order valence-corrected chi connectivity index (χ0v) is 21.1. The van der Waals surface area contributed by atoms with E-state index in [1.807, 2.05) is 0 Å². The van der Waals surface area contributed by atoms with E-state index in [1.165, 1.54) is 76.0 Å². The molecule has 0 saturated carbocycles. The third-order valence-electron chi connectivity index (χ3n) is 5.98. The van der Waals surface area contributed by atoms with Gasteiger partial charge in [-0.2, -0.15) is 0 Å². The standard InChI is InChI=1S/C26H40IP/c1-3-5-7-15-21-28(27,22-16-8-6-4-2,23-25-17-11-9-12-18-25)24-26-19-13-10-14-20-26/h9-14,17-20H,3-8,15-16,21-24H2,1-2H3. The molecule has 156 valence electrons. The van der Waals surface area contributed by atoms with Gasteiger partial charge in [0.2, 0.25) is 0 Å². The van der Waals surface area contributed by atoms with Crippen molar-refractivity contribution in [3.63, 3.8) is 0 Å². The predicted octanol–water partition coefficient (Wildman–Crippen LogP) is 9.45. The number of benzene rings is 2. The van der Waals surface area contributed by atoms with Crippen molar-refractivity contribution in [3.8, 4) is 0 Å². The van der Waals surface area contributed by atoms with Gasteiger partial charge in [-0.3, -0.25) is 0 Å². The van der Waals surface area contributed by atoms with Crippen LogP contribution in [-0.2, 0) is 12.3 Å². The van der Waals surface area contributed by atoms with Crippen molar-refractivity contribution in [1.82, 2.24) is 0 Å². The van der Waals surface area contributed by atoms with Crippen molar-refractivity contribution in [1.29, 1.82) is 0 Å². The van der Waals surface area contributed by atoms with Crippen LogP contribution < -0.4 is 0 Å². The molecule has 2 aromatic rings. The van der Waals surface area contributed by atoms with Crippen LogP contribution in [0.15, 0.2) is 60.7 Å². The van der Waals surface area contributed by atoms with E-state index < -0.39 is 4.25 Å². The van der Waals surface area contributed by atoms with Crippen LogP contribution in [0.4, 0.5) is 0 Å². The van der Waals surface area contributed by atoms with Crippen LogP contribution >= 0.6 is 26.3 Å². The molecule has 0 saturated heterocycles. The number of rotatable bonds is 14. The fourth-order valence-electron chi connectivity index (χ4n) is 4.43. The molecule has 0 atom stereocenters. The summed E-state index contributed by atoms with van der Waals surface area (Å²) in [6.45, 7) is 4.64. The van der Waals surface area contributed by atoms with Gasteiger partial charge < -0.3 is 0 Å². The van der Waals surface area contributed by atoms with Crippen LogP contribution in [0, 0.1) is 0 Å². The fourth-order valence-corrected chi connectivity index (χ4v) is 14.1. The summed E-state index contributed by atoms with van der Waals surface area (Å²) in [6.07, 6.45) is 16.5. The van der Waals surface area contributed by atoms with Crippen molar-refractivity contribution < 1.29 is 0 Å². The Kier molecular flexibility index (Phi) is 10.5. The molecule has 0 spiro atoms. The fraction of sp³-hybridized carbons (Fsp3) is 0.538. The summed E-state index contributed by atoms with van der Waals surface area (Å²) < 4.78 is -1.91. The number of unbranched alkanes of at least 4 members (excludes halogenated alkanes) is 6. The van der Waals surface area contributed by atoms with E-state index in [0.29, 0.717) is 0 Å². The second-order valence-corrected chi connectivity index (χ2v) is 22.0. The summed E-state index contributed by atoms with van der Waals surface area (Å²) in [5.41, 5.74) is 3.10. The molecule has 28 heavy (non-hydrogen) atoms. The molecule has 0 unspecified atom stereocenters. The molecule has 0 aromatic heterocycles. The molecule has 0 nitrogen and oxygen atoms in total. The maximum atomic E-state index is 3.05. The Hall–Kier alpha value is -0.400. The topological polar surface area (TPSA) is 0 Å². The average Bonchev–Trinajstić information content (AvgIpc) is 2.70. The van der Waals surface area contributed by atoms with Crippen molar-refractivity contribution in [2.45, 2.75) is 77.5 Å². The van der Waals surface area contributed by atoms with E-state index in [2.05, 4.69) is 96.6 Å². The van der Waals surface area contributed by atoms with Crippen LogP contribution in [0.2, 0.25) is 0 Å². The van der Waals surface area contributed by atoms with E-state index in [0.717, 1.165) is 0 Å². The van der Waals surface area contributed by atoms with Gasteiger partial charge in [0.25, 0.3) is 0 Å². The Bertz CT molecular complexity index is 595. The van der Waals surface area contributed by atoms with E-state index >= 15 is 0 Å². The molecule has 0 amide bonds. The molecule has 0 radical (unpaired) electrons. The van der Waals surface area contributed by atoms with E-state index in [9.17, 15) is 0 Å². The Balaban J connectivity index is 2.30. The molecule has 0 aliphatic carbocycles. The first-order valence-electron chi connectivity index (χ1n) is 11.4. The second kappa shape index (κ2) is 12.3. The van der Waals surface area contributed by atoms with Gasteiger partial charge in [-0.1, -0.05) is 0 Å². The Morgan fingerprint density at radius 3 is 1.32 bits per heavy atom. The average molecular weight is 510 g/mol. The zero-order chi connectivity index (χ0) is 20.2. The molecule has 2 rings (SSSR count). The van der Waals surface area contributed by atoms with Crippen molar-refractivity contribution >= 4 is 26.3 Å². The van der Waals surface area contributed by atoms with Gasteiger partial charge in [0.1, 0.15) is 0 Å². The van der Waals surface area contributed by atoms with E-state index in [4.69, 9.17) is 0 Å². The van der Waals surface area contributed by atoms with E-state index in [-0.39, 0.29) is 0 Å². The maximum absolute atomic E-state index is 3.05. The van der Waals surface area contributed by atoms with Crippen molar-refractivity contribution in [2.75, 3.05) is 12.3 Å². The number of halogens is 1. The SMILES string of the molecule is CCCCCCP(I)(CCCCCC)(Cc1ccccc1)Cc1ccccc1. The molecule has 2 aromatic carbocycles. The summed E-state index contributed by atoms with van der Waals surface area (Å²) >= 11 is 3.05. The van der Waals surface area contributed by atoms with E-state index in [1.54, 1.807) is 11.1 Å². The number of hydrogen-bond donors (Lipinski definition) is 0. The summed E-state index contributed by atoms with van der Waals surface area (Å²) in [5, 5.41) is 0. The van der Waals surface area contributed by atoms with Gasteiger partial charge in [-0.15, -0.1) is 0 Å². The van der Waals surface area contributed by atoms with Gasteiger partial charge in [-0.05, 0) is 0 Å². The molecule has 0 aliphatic heterocycles. The van der Waals surface area contributed by atoms with Gasteiger partial charge in [0, 0.05) is 0 Å². The van der Waals surface area contributed by atoms with Gasteiger partial charge >= 0.3 is 188 Å². The van der Waals surface area contributed by atoms with Crippen molar-refractivity contribution in [2.24, 2.45) is 0 Å². The van der Waals surface area contributed by atoms with Gasteiger partial charge in [0.15, 0.2) is 0 Å². The van der Waals surface area contributed by atoms with Crippen LogP contribution in [0.3, 0.4) is 0 Å². The third kappa shape index (κ3) is 8.15. The Labute approximate surface area is 187 Å². The molecular weight excluding hydrogens is 470 g/mol. The summed E-state index contributed by atoms with van der Waals surface area (Å²) in [5.74, 6) is 0. The van der Waals surface area contributed by atoms with Crippen LogP contribution in [-0.4, -0.2) is 12.3 Å². The minimum atomic E-state index is -1.91. The summed E-state index contributed by atoms with van der Waals surface area (Å²) in [7, 11) is 0. The first-order valence-corrected chi connectivity index (χ1v) is 17.1. The van der Waals surface area contributed by atoms with Crippen LogP contribution in [0.25, 0.3) is 0 Å². The molecule has 0 heterocycles. The van der Waals surface area contributed by atoms with Gasteiger partial charge in [0.05, 0.1) is 0 Å². The molecule has 0 fully saturated rings. The Morgan fingerprint density at radius 1 is 0.571 bits per heavy atom. The second-order valence-electron chi connectivity index (χ2n) is 8.68. The molecule has 0 bridgehead atoms. The molecular formula is C26H40IP. The monoisotopic (exact) mass is 510 g/mol. The normalized spacial score (nSPS) is 13.2.